The van der Waals surface area contributed by atoms with Crippen LogP contribution in [0.15, 0.2) is 4.42 Å². The average molecular weight is 253 g/mol. The monoisotopic (exact) mass is 253 g/mol. The zero-order valence-corrected chi connectivity index (χ0v) is 12.0. The summed E-state index contributed by atoms with van der Waals surface area (Å²) in [4.78, 5) is 16.0. The van der Waals surface area contributed by atoms with Crippen molar-refractivity contribution >= 4 is 5.97 Å². The number of esters is 1. The first-order valence-electron chi connectivity index (χ1n) is 6.44. The molecule has 102 valence electrons. The maximum atomic E-state index is 11.6. The van der Waals surface area contributed by atoms with E-state index in [0.717, 1.165) is 25.7 Å². The van der Waals surface area contributed by atoms with Crippen LogP contribution in [0.2, 0.25) is 0 Å². The summed E-state index contributed by atoms with van der Waals surface area (Å²) in [6, 6.07) is 0. The van der Waals surface area contributed by atoms with Gasteiger partial charge in [-0.05, 0) is 18.3 Å². The second-order valence-electron chi connectivity index (χ2n) is 5.69. The SMILES string of the molecule is CCCc1nc(CCC(C)(C)C)oc1C(=O)OC. The molecular weight excluding hydrogens is 230 g/mol. The molecular formula is C14H23NO3. The molecule has 0 unspecified atom stereocenters. The van der Waals surface area contributed by atoms with Gasteiger partial charge in [0.05, 0.1) is 12.8 Å². The van der Waals surface area contributed by atoms with Gasteiger partial charge in [-0.15, -0.1) is 0 Å². The first-order valence-corrected chi connectivity index (χ1v) is 6.44. The van der Waals surface area contributed by atoms with E-state index in [4.69, 9.17) is 9.15 Å². The number of oxazole rings is 1. The van der Waals surface area contributed by atoms with Gasteiger partial charge < -0.3 is 9.15 Å². The highest BCUT2D eigenvalue weighted by Gasteiger charge is 2.21. The lowest BCUT2D eigenvalue weighted by atomic mass is 9.91. The van der Waals surface area contributed by atoms with Crippen molar-refractivity contribution in [3.8, 4) is 0 Å². The van der Waals surface area contributed by atoms with Crippen LogP contribution < -0.4 is 0 Å². The van der Waals surface area contributed by atoms with Gasteiger partial charge in [-0.2, -0.15) is 0 Å². The largest absolute Gasteiger partial charge is 0.463 e. The summed E-state index contributed by atoms with van der Waals surface area (Å²) in [5.41, 5.74) is 0.943. The lowest BCUT2D eigenvalue weighted by Crippen LogP contribution is -2.06. The Morgan fingerprint density at radius 3 is 2.50 bits per heavy atom. The Kier molecular flexibility index (Phi) is 4.93. The van der Waals surface area contributed by atoms with Crippen LogP contribution in [0.25, 0.3) is 0 Å². The van der Waals surface area contributed by atoms with Gasteiger partial charge in [0.2, 0.25) is 5.76 Å². The molecule has 1 rings (SSSR count). The molecule has 0 saturated heterocycles. The molecule has 0 aromatic carbocycles. The Hall–Kier alpha value is -1.32. The minimum atomic E-state index is -0.437. The fourth-order valence-corrected chi connectivity index (χ4v) is 1.65. The second kappa shape index (κ2) is 6.03. The molecule has 0 fully saturated rings. The number of carbonyl (C=O) groups is 1. The predicted octanol–water partition coefficient (Wildman–Crippen LogP) is 3.39. The minimum Gasteiger partial charge on any atom is -0.463 e. The van der Waals surface area contributed by atoms with E-state index < -0.39 is 5.97 Å². The molecule has 0 N–H and O–H groups in total. The highest BCUT2D eigenvalue weighted by atomic mass is 16.5. The van der Waals surface area contributed by atoms with Crippen LogP contribution >= 0.6 is 0 Å². The Morgan fingerprint density at radius 2 is 2.00 bits per heavy atom. The normalized spacial score (nSPS) is 11.6. The molecule has 0 bridgehead atoms. The number of aryl methyl sites for hydroxylation is 2. The summed E-state index contributed by atoms with van der Waals surface area (Å²) in [6.07, 6.45) is 3.38. The summed E-state index contributed by atoms with van der Waals surface area (Å²) in [7, 11) is 1.36. The maximum absolute atomic E-state index is 11.6. The summed E-state index contributed by atoms with van der Waals surface area (Å²) in [6.45, 7) is 8.56. The summed E-state index contributed by atoms with van der Waals surface area (Å²) in [5.74, 6) is 0.463. The summed E-state index contributed by atoms with van der Waals surface area (Å²) in [5, 5.41) is 0. The zero-order chi connectivity index (χ0) is 13.8. The summed E-state index contributed by atoms with van der Waals surface area (Å²) < 4.78 is 10.2. The van der Waals surface area contributed by atoms with Gasteiger partial charge >= 0.3 is 5.97 Å². The van der Waals surface area contributed by atoms with Crippen LogP contribution in [0.1, 0.15) is 62.7 Å². The predicted molar refractivity (Wildman–Crippen MR) is 69.6 cm³/mol. The van der Waals surface area contributed by atoms with Crippen molar-refractivity contribution in [3.63, 3.8) is 0 Å². The number of methoxy groups -OCH3 is 1. The number of hydrogen-bond acceptors (Lipinski definition) is 4. The van der Waals surface area contributed by atoms with Crippen molar-refractivity contribution in [2.45, 2.75) is 53.4 Å². The van der Waals surface area contributed by atoms with Gasteiger partial charge in [0.1, 0.15) is 0 Å². The van der Waals surface area contributed by atoms with Crippen LogP contribution in [0.4, 0.5) is 0 Å². The number of rotatable bonds is 5. The maximum Gasteiger partial charge on any atom is 0.375 e. The van der Waals surface area contributed by atoms with E-state index in [1.165, 1.54) is 7.11 Å². The van der Waals surface area contributed by atoms with E-state index in [2.05, 4.69) is 25.8 Å². The van der Waals surface area contributed by atoms with E-state index in [1.807, 2.05) is 6.92 Å². The lowest BCUT2D eigenvalue weighted by Gasteiger charge is -2.15. The van der Waals surface area contributed by atoms with E-state index >= 15 is 0 Å². The number of carbonyl (C=O) groups excluding carboxylic acids is 1. The lowest BCUT2D eigenvalue weighted by molar-refractivity contribution is 0.0561. The smallest absolute Gasteiger partial charge is 0.375 e. The Bertz CT molecular complexity index is 402. The van der Waals surface area contributed by atoms with E-state index in [9.17, 15) is 4.79 Å². The molecule has 0 saturated carbocycles. The van der Waals surface area contributed by atoms with Crippen molar-refractivity contribution in [1.82, 2.24) is 4.98 Å². The van der Waals surface area contributed by atoms with Crippen LogP contribution in [-0.2, 0) is 17.6 Å². The molecule has 1 aromatic heterocycles. The number of nitrogens with zero attached hydrogens (tertiary/aromatic N) is 1. The van der Waals surface area contributed by atoms with Crippen molar-refractivity contribution < 1.29 is 13.9 Å². The van der Waals surface area contributed by atoms with Crippen LogP contribution in [0, 0.1) is 5.41 Å². The first-order chi connectivity index (χ1) is 8.37. The summed E-state index contributed by atoms with van der Waals surface area (Å²) >= 11 is 0. The molecule has 0 spiro atoms. The van der Waals surface area contributed by atoms with Gasteiger partial charge in [-0.1, -0.05) is 34.1 Å². The molecule has 0 aliphatic heterocycles. The third-order valence-corrected chi connectivity index (χ3v) is 2.69. The first kappa shape index (κ1) is 14.7. The molecule has 4 nitrogen and oxygen atoms in total. The number of hydrogen-bond donors (Lipinski definition) is 0. The van der Waals surface area contributed by atoms with Gasteiger partial charge in [0.25, 0.3) is 0 Å². The highest BCUT2D eigenvalue weighted by molar-refractivity contribution is 5.87. The highest BCUT2D eigenvalue weighted by Crippen LogP contribution is 2.23. The van der Waals surface area contributed by atoms with Crippen LogP contribution in [0.3, 0.4) is 0 Å². The van der Waals surface area contributed by atoms with E-state index in [0.29, 0.717) is 11.6 Å². The second-order valence-corrected chi connectivity index (χ2v) is 5.69. The molecule has 1 heterocycles. The Labute approximate surface area is 109 Å². The standard InChI is InChI=1S/C14H23NO3/c1-6-7-10-12(13(16)17-5)18-11(15-10)8-9-14(2,3)4/h6-9H2,1-5H3. The molecule has 1 aromatic rings. The molecule has 0 aliphatic rings. The zero-order valence-electron chi connectivity index (χ0n) is 12.0. The van der Waals surface area contributed by atoms with Gasteiger partial charge in [-0.3, -0.25) is 0 Å². The van der Waals surface area contributed by atoms with E-state index in [-0.39, 0.29) is 11.2 Å². The molecule has 0 atom stereocenters. The topological polar surface area (TPSA) is 52.3 Å². The minimum absolute atomic E-state index is 0.227. The Morgan fingerprint density at radius 1 is 1.33 bits per heavy atom. The average Bonchev–Trinajstić information content (AvgIpc) is 2.68. The molecule has 0 radical (unpaired) electrons. The van der Waals surface area contributed by atoms with Crippen molar-refractivity contribution in [3.05, 3.63) is 17.3 Å². The third-order valence-electron chi connectivity index (χ3n) is 2.69. The number of aromatic nitrogens is 1. The fraction of sp³-hybridized carbons (Fsp3) is 0.714. The van der Waals surface area contributed by atoms with Crippen molar-refractivity contribution in [1.29, 1.82) is 0 Å². The quantitative estimate of drug-likeness (QED) is 0.755. The van der Waals surface area contributed by atoms with Gasteiger partial charge in [0, 0.05) is 6.42 Å². The van der Waals surface area contributed by atoms with Gasteiger partial charge in [-0.25, -0.2) is 9.78 Å². The fourth-order valence-electron chi connectivity index (χ4n) is 1.65. The molecule has 18 heavy (non-hydrogen) atoms. The molecule has 4 heteroatoms. The van der Waals surface area contributed by atoms with Crippen molar-refractivity contribution in [2.75, 3.05) is 7.11 Å². The van der Waals surface area contributed by atoms with E-state index in [1.54, 1.807) is 0 Å². The van der Waals surface area contributed by atoms with Gasteiger partial charge in [0.15, 0.2) is 5.89 Å². The van der Waals surface area contributed by atoms with Crippen LogP contribution in [0.5, 0.6) is 0 Å². The molecule has 0 aliphatic carbocycles. The van der Waals surface area contributed by atoms with Crippen LogP contribution in [-0.4, -0.2) is 18.1 Å². The van der Waals surface area contributed by atoms with Crippen molar-refractivity contribution in [2.24, 2.45) is 5.41 Å². The number of ether oxygens (including phenoxy) is 1. The third kappa shape index (κ3) is 4.17. The Balaban J connectivity index is 2.85. The molecule has 0 amide bonds.